The summed E-state index contributed by atoms with van der Waals surface area (Å²) in [5.74, 6) is 0. The van der Waals surface area contributed by atoms with E-state index in [9.17, 15) is 2.74 Å². The smallest absolute Gasteiger partial charge is 0.0959 e. The third kappa shape index (κ3) is 14.6. The maximum absolute atomic E-state index is 9.26. The zero-order valence-corrected chi connectivity index (χ0v) is 14.4. The number of quaternary nitrogens is 1. The first-order valence-corrected chi connectivity index (χ1v) is 6.84. The molecule has 0 saturated carbocycles. The van der Waals surface area contributed by atoms with Gasteiger partial charge in [0.1, 0.15) is 0 Å². The van der Waals surface area contributed by atoms with Crippen molar-refractivity contribution in [3.05, 3.63) is 0 Å². The summed E-state index contributed by atoms with van der Waals surface area (Å²) in [6.45, 7) is -18.6. The molecular weight excluding hydrogens is 326 g/mol. The number of hydrogen-bond acceptors (Lipinski definition) is 0. The van der Waals surface area contributed by atoms with Gasteiger partial charge in [0.05, 0.1) is 28.9 Å². The van der Waals surface area contributed by atoms with Crippen LogP contribution >= 0.6 is 0 Å². The molecule has 0 aliphatic rings. The Morgan fingerprint density at radius 3 is 1.26 bits per heavy atom. The number of hydrogen-bond donors (Lipinski definition) is 0. The fraction of sp³-hybridized carbons (Fsp3) is 1.00. The first-order chi connectivity index (χ1) is 32.0. The topological polar surface area (TPSA) is 0 Å². The average molecular weight is 433 g/mol. The fourth-order valence-electron chi connectivity index (χ4n) is 0.947. The van der Waals surface area contributed by atoms with E-state index in [0.29, 0.717) is 0 Å². The quantitative estimate of drug-likeness (QED) is 0.168. The zero-order valence-electron chi connectivity index (χ0n) is 64.4. The number of nitrogens with zero attached hydrogens (tertiary/aromatic N) is 1. The molecule has 0 aliphatic heterocycles. The van der Waals surface area contributed by atoms with Crippen LogP contribution in [0.3, 0.4) is 0 Å². The molecule has 0 aromatic carbocycles. The summed E-state index contributed by atoms with van der Waals surface area (Å²) >= 11 is 0. The van der Waals surface area contributed by atoms with Gasteiger partial charge in [-0.1, -0.05) is 103 Å². The molecule has 1 nitrogen and oxygen atoms in total. The van der Waals surface area contributed by atoms with Crippen molar-refractivity contribution in [2.24, 2.45) is 0 Å². The van der Waals surface area contributed by atoms with Gasteiger partial charge < -0.3 is 4.48 Å². The van der Waals surface area contributed by atoms with Gasteiger partial charge >= 0.3 is 0 Å². The number of rotatable bonds is 20. The van der Waals surface area contributed by atoms with Gasteiger partial charge in [-0.15, -0.1) is 0 Å². The Kier molecular flexibility index (Phi) is 2.10. The summed E-state index contributed by atoms with van der Waals surface area (Å²) in [5, 5.41) is 0. The van der Waals surface area contributed by atoms with E-state index in [4.69, 9.17) is 65.8 Å². The van der Waals surface area contributed by atoms with Crippen LogP contribution in [0.25, 0.3) is 0 Å². The van der Waals surface area contributed by atoms with Gasteiger partial charge in [0.25, 0.3) is 0 Å². The van der Waals surface area contributed by atoms with E-state index in [1.807, 2.05) is 0 Å². The van der Waals surface area contributed by atoms with Crippen LogP contribution < -0.4 is 0 Å². The second kappa shape index (κ2) is 18.0. The van der Waals surface area contributed by atoms with E-state index in [-0.39, 0.29) is 14.1 Å². The Balaban J connectivity index is 9.01. The van der Waals surface area contributed by atoms with Crippen LogP contribution in [0.5, 0.6) is 0 Å². The largest absolute Gasteiger partial charge is 0.324 e. The molecule has 0 aromatic heterocycles. The Labute approximate surface area is 244 Å². The predicted octanol–water partition coefficient (Wildman–Crippen LogP) is 8.90. The molecule has 1 heteroatoms. The molecule has 0 aromatic rings. The van der Waals surface area contributed by atoms with Crippen molar-refractivity contribution in [1.82, 2.24) is 0 Å². The normalized spacial score (nSPS) is 55.6. The molecule has 0 saturated heterocycles. The lowest BCUT2D eigenvalue weighted by atomic mass is 9.99. The Morgan fingerprint density at radius 1 is 0.593 bits per heavy atom. The van der Waals surface area contributed by atoms with Gasteiger partial charge in [-0.25, -0.2) is 0 Å². The molecule has 0 heterocycles. The van der Waals surface area contributed by atoms with Gasteiger partial charge in [0.15, 0.2) is 0 Å². The van der Waals surface area contributed by atoms with E-state index in [2.05, 4.69) is 0 Å². The summed E-state index contributed by atoms with van der Waals surface area (Å²) < 4.78 is 410. The van der Waals surface area contributed by atoms with Crippen molar-refractivity contribution in [3.8, 4) is 0 Å². The van der Waals surface area contributed by atoms with E-state index in [1.165, 1.54) is 0 Å². The van der Waals surface area contributed by atoms with Gasteiger partial charge in [-0.05, 0) is 39.2 Å². The summed E-state index contributed by atoms with van der Waals surface area (Å²) in [7, 11) is -0.508. The maximum atomic E-state index is 9.26. The SMILES string of the molecule is [2H]C([2H])([2H])C([2H])([2H])C([2H])([2H])C([2H])([2H])C([2H])([2H])C([2H])([2H])C([2H])([2H])C([2H])([2H])C([2H])([2H])C([2H])([2H])C([2H])(C([2H])([2H])[2H])[N+](C)(C)C([2H])(C([2H])([2H])[2H])C([2H])([2H])C([2H])([2H])C([2H])([2H])C([2H])([2H])C([2H])([2H])C([2H])([2H])C([2H])([2H])C([2H])([2H])C([2H])([2H])C([2H])([2H])[2H]. The second-order valence-electron chi connectivity index (χ2n) is 4.40. The third-order valence-electron chi connectivity index (χ3n) is 2.35. The third-order valence-corrected chi connectivity index (χ3v) is 2.35. The van der Waals surface area contributed by atoms with E-state index in [0.717, 1.165) is 0 Å². The van der Waals surface area contributed by atoms with Crippen LogP contribution in [0.4, 0.5) is 0 Å². The van der Waals surface area contributed by atoms with E-state index >= 15 is 0 Å². The molecule has 0 fully saturated rings. The van der Waals surface area contributed by atoms with Crippen LogP contribution in [0.2, 0.25) is 0 Å². The lowest BCUT2D eigenvalue weighted by Crippen LogP contribution is -2.53. The highest BCUT2D eigenvalue weighted by Crippen LogP contribution is 2.23. The highest BCUT2D eigenvalue weighted by Gasteiger charge is 2.29. The van der Waals surface area contributed by atoms with Crippen molar-refractivity contribution in [3.63, 3.8) is 0 Å². The van der Waals surface area contributed by atoms with Crippen LogP contribution in [0.15, 0.2) is 0 Å². The van der Waals surface area contributed by atoms with Crippen molar-refractivity contribution in [2.75, 3.05) is 14.1 Å². The Hall–Kier alpha value is -0.0400. The summed E-state index contributed by atoms with van der Waals surface area (Å²) in [6, 6.07) is -10.8. The highest BCUT2D eigenvalue weighted by molar-refractivity contribution is 4.60. The fourth-order valence-corrected chi connectivity index (χ4v) is 0.947. The minimum Gasteiger partial charge on any atom is -0.324 e. The molecule has 0 bridgehead atoms. The standard InChI is InChI=1S/C26H56N/c1-7-9-11-13-15-17-19-21-23-25(3)27(5,6)26(4)24-22-20-18-16-14-12-10-8-2/h25-26H,7-24H2,1-6H3/q+1/i1D3,2D3,3D3,4D3,7D2,8D2,9D2,10D2,11D2,12D2,13D2,14D2,15D2,16D2,17D2,18D2,19D2,20D2,21D2,22D2,23D2,24D2,25D,26D. The van der Waals surface area contributed by atoms with Crippen LogP contribution in [0, 0.1) is 0 Å². The van der Waals surface area contributed by atoms with Gasteiger partial charge in [-0.2, -0.15) is 0 Å². The highest BCUT2D eigenvalue weighted by atomic mass is 15.3. The summed E-state index contributed by atoms with van der Waals surface area (Å²) in [6.07, 6.45) is -94.1. The molecular formula is C26H56N+. The Morgan fingerprint density at radius 2 is 0.926 bits per heavy atom. The van der Waals surface area contributed by atoms with Crippen molar-refractivity contribution in [1.29, 1.82) is 0 Å². The van der Waals surface area contributed by atoms with Gasteiger partial charge in [-0.3, -0.25) is 0 Å². The molecule has 27 heavy (non-hydrogen) atoms. The minimum atomic E-state index is -5.56. The molecule has 164 valence electrons. The molecule has 0 amide bonds. The molecule has 0 aliphatic carbocycles. The summed E-state index contributed by atoms with van der Waals surface area (Å²) in [5.41, 5.74) is 0. The van der Waals surface area contributed by atoms with Gasteiger partial charge in [0, 0.05) is 65.8 Å². The van der Waals surface area contributed by atoms with E-state index in [1.54, 1.807) is 0 Å². The van der Waals surface area contributed by atoms with Crippen molar-refractivity contribution >= 4 is 0 Å². The van der Waals surface area contributed by atoms with Crippen LogP contribution in [0.1, 0.15) is 211 Å². The Bertz CT molecular complexity index is 1980. The molecule has 0 N–H and O–H groups in total. The molecule has 2 atom stereocenters. The average Bonchev–Trinajstić information content (AvgIpc) is 3.16. The predicted molar refractivity (Wildman–Crippen MR) is 125 cm³/mol. The second-order valence-corrected chi connectivity index (χ2v) is 4.40. The van der Waals surface area contributed by atoms with E-state index < -0.39 is 159 Å². The molecule has 0 rings (SSSR count). The molecule has 0 spiro atoms. The monoisotopic (exact) mass is 433 g/mol. The van der Waals surface area contributed by atoms with Gasteiger partial charge in [0.2, 0.25) is 0 Å². The van der Waals surface area contributed by atoms with Crippen molar-refractivity contribution < 1.29 is 73.0 Å². The lowest BCUT2D eigenvalue weighted by Gasteiger charge is -2.42. The minimum absolute atomic E-state index is 0.254. The van der Waals surface area contributed by atoms with Crippen molar-refractivity contribution in [2.45, 2.75) is 154 Å². The van der Waals surface area contributed by atoms with Crippen LogP contribution in [-0.2, 0) is 0 Å². The first-order valence-electron chi connectivity index (χ1n) is 31.8. The summed E-state index contributed by atoms with van der Waals surface area (Å²) in [4.78, 5) is 0. The lowest BCUT2D eigenvalue weighted by molar-refractivity contribution is -0.935. The zero-order chi connectivity index (χ0) is 64.5. The maximum Gasteiger partial charge on any atom is 0.0959 e. The van der Waals surface area contributed by atoms with Crippen LogP contribution in [-0.4, -0.2) is 30.6 Å². The first kappa shape index (κ1) is 3.15. The molecule has 2 unspecified atom stereocenters. The molecule has 0 radical (unpaired) electrons.